The van der Waals surface area contributed by atoms with Gasteiger partial charge in [-0.1, -0.05) is 42.8 Å². The lowest BCUT2D eigenvalue weighted by atomic mass is 9.96. The number of nitriles is 1. The molecule has 0 bridgehead atoms. The van der Waals surface area contributed by atoms with Crippen molar-refractivity contribution >= 4 is 18.1 Å². The topological polar surface area (TPSA) is 87.5 Å². The van der Waals surface area contributed by atoms with Crippen LogP contribution in [0.15, 0.2) is 54.7 Å². The second-order valence-electron chi connectivity index (χ2n) is 13.5. The van der Waals surface area contributed by atoms with Gasteiger partial charge in [0, 0.05) is 23.9 Å². The maximum Gasteiger partial charge on any atom is 0.417 e. The molecule has 2 fully saturated rings. The minimum atomic E-state index is -4.67. The summed E-state index contributed by atoms with van der Waals surface area (Å²) in [7, 11) is 0. The molecule has 10 heteroatoms. The maximum atomic E-state index is 14.7. The fraction of sp³-hybridized carbons (Fsp3) is 0.447. The minimum absolute atomic E-state index is 0.0929. The van der Waals surface area contributed by atoms with Crippen LogP contribution in [-0.4, -0.2) is 53.7 Å². The number of hydrogen-bond donors (Lipinski definition) is 1. The van der Waals surface area contributed by atoms with Crippen molar-refractivity contribution in [3.63, 3.8) is 0 Å². The Morgan fingerprint density at radius 1 is 1.06 bits per heavy atom. The summed E-state index contributed by atoms with van der Waals surface area (Å²) in [5.74, 6) is 0.252. The molecule has 1 atom stereocenters. The van der Waals surface area contributed by atoms with Crippen LogP contribution in [0, 0.1) is 17.2 Å². The second kappa shape index (κ2) is 15.3. The van der Waals surface area contributed by atoms with Crippen molar-refractivity contribution in [2.45, 2.75) is 77.2 Å². The summed E-state index contributed by atoms with van der Waals surface area (Å²) in [6, 6.07) is 15.3. The van der Waals surface area contributed by atoms with Crippen molar-refractivity contribution in [3.8, 4) is 22.9 Å². The molecule has 0 spiro atoms. The van der Waals surface area contributed by atoms with Crippen LogP contribution >= 0.6 is 0 Å². The average molecular weight is 661 g/mol. The normalized spacial score (nSPS) is 18.1. The Labute approximate surface area is 280 Å². The van der Waals surface area contributed by atoms with Gasteiger partial charge in [0.1, 0.15) is 23.5 Å². The number of carbonyl (C=O) groups excluding carboxylic acids is 1. The molecule has 2 aliphatic rings. The number of halogens is 3. The number of nitrogens with one attached hydrogen (secondary N) is 1. The summed E-state index contributed by atoms with van der Waals surface area (Å²) >= 11 is 0. The third kappa shape index (κ3) is 9.03. The Morgan fingerprint density at radius 3 is 2.50 bits per heavy atom. The van der Waals surface area contributed by atoms with Gasteiger partial charge in [0.15, 0.2) is 0 Å². The van der Waals surface area contributed by atoms with Crippen LogP contribution < -0.4 is 10.1 Å². The zero-order chi connectivity index (χ0) is 34.3. The fourth-order valence-corrected chi connectivity index (χ4v) is 6.32. The van der Waals surface area contributed by atoms with Crippen LogP contribution in [0.5, 0.6) is 5.75 Å². The van der Waals surface area contributed by atoms with Gasteiger partial charge < -0.3 is 14.8 Å². The Bertz CT molecular complexity index is 1640. The summed E-state index contributed by atoms with van der Waals surface area (Å²) in [4.78, 5) is 19.4. The molecule has 1 N–H and O–H groups in total. The molecular formula is C38H43F3N4O3. The van der Waals surface area contributed by atoms with E-state index in [1.165, 1.54) is 18.2 Å². The largest absolute Gasteiger partial charge is 0.493 e. The van der Waals surface area contributed by atoms with E-state index in [-0.39, 0.29) is 35.3 Å². The lowest BCUT2D eigenvalue weighted by Crippen LogP contribution is -2.46. The third-order valence-electron chi connectivity index (χ3n) is 8.73. The minimum Gasteiger partial charge on any atom is -0.493 e. The standard InChI is InChI=1S/C38H43F3N4O3/c1-37(2,3)48-36(46)34-11-7-8-20-45(34)24-29-21-32(38(39,40)41)28(22-35(29)47-25-26-14-17-43-18-15-26)12-13-33-31(23-42)30(16-19-44-33)27-9-5-4-6-10-27/h4-6,9-10,12-13,16,19,21-22,26,34,43H,7-8,11,14-15,17-18,20,24-25H2,1-3H3/b13-12+/t34-/m0/s1. The van der Waals surface area contributed by atoms with Gasteiger partial charge in [0.05, 0.1) is 23.4 Å². The Morgan fingerprint density at radius 2 is 1.81 bits per heavy atom. The Kier molecular flexibility index (Phi) is 11.2. The number of aromatic nitrogens is 1. The molecule has 2 saturated heterocycles. The summed E-state index contributed by atoms with van der Waals surface area (Å²) in [5, 5.41) is 13.4. The number of rotatable bonds is 9. The molecular weight excluding hydrogens is 617 g/mol. The summed E-state index contributed by atoms with van der Waals surface area (Å²) in [5.41, 5.74) is 0.755. The number of alkyl halides is 3. The van der Waals surface area contributed by atoms with Gasteiger partial charge in [-0.3, -0.25) is 14.7 Å². The van der Waals surface area contributed by atoms with Crippen LogP contribution in [0.4, 0.5) is 13.2 Å². The van der Waals surface area contributed by atoms with Crippen molar-refractivity contribution < 1.29 is 27.4 Å². The molecule has 0 saturated carbocycles. The molecule has 48 heavy (non-hydrogen) atoms. The molecule has 254 valence electrons. The van der Waals surface area contributed by atoms with E-state index in [1.54, 1.807) is 33.0 Å². The van der Waals surface area contributed by atoms with E-state index < -0.39 is 23.4 Å². The first-order chi connectivity index (χ1) is 22.9. The van der Waals surface area contributed by atoms with Crippen LogP contribution in [0.3, 0.4) is 0 Å². The average Bonchev–Trinajstić information content (AvgIpc) is 3.06. The molecule has 3 heterocycles. The van der Waals surface area contributed by atoms with E-state index >= 15 is 0 Å². The van der Waals surface area contributed by atoms with Gasteiger partial charge in [-0.25, -0.2) is 0 Å². The van der Waals surface area contributed by atoms with Crippen molar-refractivity contribution in [1.29, 1.82) is 5.26 Å². The number of ether oxygens (including phenoxy) is 2. The number of carbonyl (C=O) groups is 1. The molecule has 5 rings (SSSR count). The number of hydrogen-bond acceptors (Lipinski definition) is 7. The summed E-state index contributed by atoms with van der Waals surface area (Å²) in [6.07, 6.45) is 3.74. The highest BCUT2D eigenvalue weighted by atomic mass is 19.4. The molecule has 3 aromatic rings. The van der Waals surface area contributed by atoms with Gasteiger partial charge in [0.2, 0.25) is 0 Å². The lowest BCUT2D eigenvalue weighted by Gasteiger charge is -2.36. The highest BCUT2D eigenvalue weighted by Gasteiger charge is 2.36. The first-order valence-corrected chi connectivity index (χ1v) is 16.6. The number of piperidine rings is 2. The quantitative estimate of drug-likeness (QED) is 0.234. The molecule has 2 aliphatic heterocycles. The zero-order valence-electron chi connectivity index (χ0n) is 27.8. The van der Waals surface area contributed by atoms with Crippen molar-refractivity contribution in [3.05, 3.63) is 82.7 Å². The van der Waals surface area contributed by atoms with Gasteiger partial charge in [-0.15, -0.1) is 0 Å². The Hall–Kier alpha value is -4.20. The van der Waals surface area contributed by atoms with Crippen molar-refractivity contribution in [2.75, 3.05) is 26.2 Å². The number of benzene rings is 2. The maximum absolute atomic E-state index is 14.7. The fourth-order valence-electron chi connectivity index (χ4n) is 6.32. The zero-order valence-corrected chi connectivity index (χ0v) is 27.8. The number of likely N-dealkylation sites (tertiary alicyclic amines) is 1. The van der Waals surface area contributed by atoms with E-state index in [0.29, 0.717) is 36.4 Å². The SMILES string of the molecule is CC(C)(C)OC(=O)[C@@H]1CCCCN1Cc1cc(C(F)(F)F)c(/C=C/c2nccc(-c3ccccc3)c2C#N)cc1OCC1CCNCC1. The number of nitrogens with zero attached hydrogens (tertiary/aromatic N) is 3. The summed E-state index contributed by atoms with van der Waals surface area (Å²) < 4.78 is 56.2. The number of esters is 1. The lowest BCUT2D eigenvalue weighted by molar-refractivity contribution is -0.163. The highest BCUT2D eigenvalue weighted by Crippen LogP contribution is 2.39. The molecule has 0 radical (unpaired) electrons. The molecule has 0 unspecified atom stereocenters. The highest BCUT2D eigenvalue weighted by molar-refractivity contribution is 5.79. The molecule has 1 aromatic heterocycles. The van der Waals surface area contributed by atoms with Crippen molar-refractivity contribution in [2.24, 2.45) is 5.92 Å². The van der Waals surface area contributed by atoms with Gasteiger partial charge in [-0.05, 0) is 107 Å². The number of pyridine rings is 1. The van der Waals surface area contributed by atoms with Crippen LogP contribution in [0.25, 0.3) is 23.3 Å². The van der Waals surface area contributed by atoms with Gasteiger partial charge >= 0.3 is 12.1 Å². The molecule has 0 amide bonds. The van der Waals surface area contributed by atoms with E-state index in [1.807, 2.05) is 35.2 Å². The smallest absolute Gasteiger partial charge is 0.417 e. The van der Waals surface area contributed by atoms with E-state index in [0.717, 1.165) is 50.4 Å². The third-order valence-corrected chi connectivity index (χ3v) is 8.73. The van der Waals surface area contributed by atoms with Gasteiger partial charge in [0.25, 0.3) is 0 Å². The Balaban J connectivity index is 1.53. The first kappa shape index (κ1) is 35.1. The van der Waals surface area contributed by atoms with E-state index in [2.05, 4.69) is 16.4 Å². The second-order valence-corrected chi connectivity index (χ2v) is 13.5. The van der Waals surface area contributed by atoms with Gasteiger partial charge in [-0.2, -0.15) is 18.4 Å². The van der Waals surface area contributed by atoms with E-state index in [9.17, 15) is 23.2 Å². The van der Waals surface area contributed by atoms with Crippen LogP contribution in [0.1, 0.15) is 80.8 Å². The predicted molar refractivity (Wildman–Crippen MR) is 180 cm³/mol. The molecule has 7 nitrogen and oxygen atoms in total. The van der Waals surface area contributed by atoms with Crippen LogP contribution in [0.2, 0.25) is 0 Å². The van der Waals surface area contributed by atoms with Crippen molar-refractivity contribution in [1.82, 2.24) is 15.2 Å². The monoisotopic (exact) mass is 660 g/mol. The predicted octanol–water partition coefficient (Wildman–Crippen LogP) is 7.88. The van der Waals surface area contributed by atoms with Crippen LogP contribution in [-0.2, 0) is 22.3 Å². The summed E-state index contributed by atoms with van der Waals surface area (Å²) in [6.45, 7) is 8.18. The van der Waals surface area contributed by atoms with E-state index in [4.69, 9.17) is 9.47 Å². The first-order valence-electron chi connectivity index (χ1n) is 16.6. The molecule has 0 aliphatic carbocycles. The molecule has 2 aromatic carbocycles.